The van der Waals surface area contributed by atoms with Gasteiger partial charge in [0.25, 0.3) is 11.8 Å². The van der Waals surface area contributed by atoms with Gasteiger partial charge in [-0.1, -0.05) is 12.1 Å². The maximum atomic E-state index is 12.9. The van der Waals surface area contributed by atoms with Crippen molar-refractivity contribution < 1.29 is 23.5 Å². The number of amides is 4. The van der Waals surface area contributed by atoms with Gasteiger partial charge in [-0.2, -0.15) is 0 Å². The molecule has 1 heterocycles. The minimum absolute atomic E-state index is 0.278. The summed E-state index contributed by atoms with van der Waals surface area (Å²) in [4.78, 5) is 37.2. The fraction of sp³-hybridized carbons (Fsp3) is 0.211. The number of anilines is 1. The van der Waals surface area contributed by atoms with Gasteiger partial charge >= 0.3 is 6.03 Å². The van der Waals surface area contributed by atoms with E-state index in [1.165, 1.54) is 24.0 Å². The lowest BCUT2D eigenvalue weighted by molar-refractivity contribution is -0.137. The molecule has 0 bridgehead atoms. The maximum absolute atomic E-state index is 12.9. The molecule has 8 heteroatoms. The van der Waals surface area contributed by atoms with Crippen molar-refractivity contribution in [3.63, 3.8) is 0 Å². The maximum Gasteiger partial charge on any atom is 0.328 e. The van der Waals surface area contributed by atoms with Crippen LogP contribution in [0.3, 0.4) is 0 Å². The first-order chi connectivity index (χ1) is 12.8. The average Bonchev–Trinajstić information content (AvgIpc) is 2.65. The molecule has 27 heavy (non-hydrogen) atoms. The van der Waals surface area contributed by atoms with Crippen LogP contribution < -0.4 is 20.3 Å². The molecule has 0 saturated carbocycles. The number of nitrogens with zero attached hydrogens (tertiary/aromatic N) is 1. The van der Waals surface area contributed by atoms with Crippen LogP contribution in [-0.4, -0.2) is 30.4 Å². The largest absolute Gasteiger partial charge is 0.489 e. The van der Waals surface area contributed by atoms with E-state index in [9.17, 15) is 18.8 Å². The Morgan fingerprint density at radius 1 is 0.963 bits per heavy atom. The van der Waals surface area contributed by atoms with Gasteiger partial charge in [-0.15, -0.1) is 0 Å². The molecular formula is C19H18FN3O4. The van der Waals surface area contributed by atoms with Gasteiger partial charge in [-0.05, 0) is 48.9 Å². The highest BCUT2D eigenvalue weighted by Crippen LogP contribution is 2.27. The summed E-state index contributed by atoms with van der Waals surface area (Å²) in [6.07, 6.45) is 0. The Kier molecular flexibility index (Phi) is 4.81. The highest BCUT2D eigenvalue weighted by molar-refractivity contribution is 6.23. The molecule has 1 saturated heterocycles. The van der Waals surface area contributed by atoms with Crippen molar-refractivity contribution >= 4 is 23.5 Å². The lowest BCUT2D eigenvalue weighted by Crippen LogP contribution is -2.71. The molecule has 1 aliphatic rings. The fourth-order valence-electron chi connectivity index (χ4n) is 2.66. The van der Waals surface area contributed by atoms with Crippen molar-refractivity contribution in [2.45, 2.75) is 19.1 Å². The summed E-state index contributed by atoms with van der Waals surface area (Å²) in [5.74, 6) is -1.13. The summed E-state index contributed by atoms with van der Waals surface area (Å²) < 4.78 is 18.6. The average molecular weight is 371 g/mol. The Labute approximate surface area is 155 Å². The Balaban J connectivity index is 1.70. The molecule has 1 aliphatic heterocycles. The first-order valence-electron chi connectivity index (χ1n) is 8.18. The molecule has 140 valence electrons. The zero-order valence-corrected chi connectivity index (χ0v) is 14.8. The Morgan fingerprint density at radius 3 is 2.07 bits per heavy atom. The highest BCUT2D eigenvalue weighted by Gasteiger charge is 2.49. The number of halogens is 1. The molecule has 0 atom stereocenters. The van der Waals surface area contributed by atoms with E-state index in [0.717, 1.165) is 5.56 Å². The second-order valence-corrected chi connectivity index (χ2v) is 6.28. The second kappa shape index (κ2) is 7.06. The molecule has 2 aromatic carbocycles. The minimum atomic E-state index is -1.57. The summed E-state index contributed by atoms with van der Waals surface area (Å²) in [6.45, 7) is 1.71. The normalized spacial score (nSPS) is 15.7. The summed E-state index contributed by atoms with van der Waals surface area (Å²) in [7, 11) is 1.59. The molecule has 0 aromatic heterocycles. The van der Waals surface area contributed by atoms with Crippen LogP contribution in [0.15, 0.2) is 48.5 Å². The van der Waals surface area contributed by atoms with Gasteiger partial charge in [0.2, 0.25) is 0 Å². The lowest BCUT2D eigenvalue weighted by Gasteiger charge is -2.39. The van der Waals surface area contributed by atoms with Crippen LogP contribution in [0.2, 0.25) is 0 Å². The van der Waals surface area contributed by atoms with E-state index in [2.05, 4.69) is 10.6 Å². The number of barbiturate groups is 1. The lowest BCUT2D eigenvalue weighted by atomic mass is 9.95. The molecule has 0 aliphatic carbocycles. The number of hydrogen-bond acceptors (Lipinski definition) is 5. The number of rotatable bonds is 5. The predicted octanol–water partition coefficient (Wildman–Crippen LogP) is 1.97. The molecular weight excluding hydrogens is 353 g/mol. The molecule has 7 nitrogen and oxygen atoms in total. The van der Waals surface area contributed by atoms with Crippen LogP contribution in [0.5, 0.6) is 5.75 Å². The summed E-state index contributed by atoms with van der Waals surface area (Å²) in [5, 5.41) is 4.20. The van der Waals surface area contributed by atoms with Crippen LogP contribution in [0, 0.1) is 5.82 Å². The van der Waals surface area contributed by atoms with Crippen molar-refractivity contribution in [3.8, 4) is 5.75 Å². The number of nitrogens with one attached hydrogen (secondary N) is 2. The van der Waals surface area contributed by atoms with E-state index in [1.54, 1.807) is 43.4 Å². The van der Waals surface area contributed by atoms with Crippen molar-refractivity contribution in [2.75, 3.05) is 11.9 Å². The summed E-state index contributed by atoms with van der Waals surface area (Å²) in [6, 6.07) is 12.0. The number of likely N-dealkylation sites (N-methyl/N-ethyl adjacent to an activating group) is 1. The third-order valence-corrected chi connectivity index (χ3v) is 4.55. The zero-order chi connectivity index (χ0) is 19.6. The number of urea groups is 1. The van der Waals surface area contributed by atoms with Crippen molar-refractivity contribution in [3.05, 3.63) is 59.9 Å². The van der Waals surface area contributed by atoms with Gasteiger partial charge in [0.15, 0.2) is 5.54 Å². The van der Waals surface area contributed by atoms with Gasteiger partial charge in [0.05, 0.1) is 0 Å². The molecule has 1 fully saturated rings. The molecule has 2 aromatic rings. The van der Waals surface area contributed by atoms with Gasteiger partial charge in [-0.25, -0.2) is 9.18 Å². The van der Waals surface area contributed by atoms with Gasteiger partial charge in [0.1, 0.15) is 18.2 Å². The molecule has 0 unspecified atom stereocenters. The highest BCUT2D eigenvalue weighted by atomic mass is 19.1. The van der Waals surface area contributed by atoms with E-state index < -0.39 is 23.4 Å². The van der Waals surface area contributed by atoms with Gasteiger partial charge in [-0.3, -0.25) is 20.2 Å². The topological polar surface area (TPSA) is 87.7 Å². The van der Waals surface area contributed by atoms with Crippen molar-refractivity contribution in [1.29, 1.82) is 0 Å². The monoisotopic (exact) mass is 371 g/mol. The van der Waals surface area contributed by atoms with Crippen LogP contribution in [-0.2, 0) is 16.2 Å². The molecule has 2 N–H and O–H groups in total. The quantitative estimate of drug-likeness (QED) is 0.785. The molecule has 0 radical (unpaired) electrons. The van der Waals surface area contributed by atoms with Crippen LogP contribution in [0.25, 0.3) is 0 Å². The smallest absolute Gasteiger partial charge is 0.328 e. The summed E-state index contributed by atoms with van der Waals surface area (Å²) >= 11 is 0. The zero-order valence-electron chi connectivity index (χ0n) is 14.8. The number of hydrogen-bond donors (Lipinski definition) is 2. The first-order valence-corrected chi connectivity index (χ1v) is 8.18. The van der Waals surface area contributed by atoms with Crippen LogP contribution in [0.4, 0.5) is 14.9 Å². The van der Waals surface area contributed by atoms with E-state index in [-0.39, 0.29) is 12.4 Å². The Bertz CT molecular complexity index is 861. The SMILES string of the molecule is CN(c1ccc(OCc2ccc(F)cc2)cc1)C1(C)C(=O)NC(=O)NC1=O. The van der Waals surface area contributed by atoms with E-state index in [0.29, 0.717) is 11.4 Å². The number of benzene rings is 2. The third kappa shape index (κ3) is 3.59. The Morgan fingerprint density at radius 2 is 1.52 bits per heavy atom. The second-order valence-electron chi connectivity index (χ2n) is 6.28. The molecule has 0 spiro atoms. The standard InChI is InChI=1S/C19H18FN3O4/c1-19(16(24)21-18(26)22-17(19)25)23(2)14-7-9-15(10-8-14)27-11-12-3-5-13(20)6-4-12/h3-10H,11H2,1-2H3,(H2,21,22,24,25,26). The van der Waals surface area contributed by atoms with E-state index in [4.69, 9.17) is 4.74 Å². The van der Waals surface area contributed by atoms with Crippen molar-refractivity contribution in [2.24, 2.45) is 0 Å². The summed E-state index contributed by atoms with van der Waals surface area (Å²) in [5.41, 5.74) is -0.152. The molecule has 3 rings (SSSR count). The van der Waals surface area contributed by atoms with E-state index >= 15 is 0 Å². The predicted molar refractivity (Wildman–Crippen MR) is 95.7 cm³/mol. The van der Waals surface area contributed by atoms with E-state index in [1.807, 2.05) is 0 Å². The third-order valence-electron chi connectivity index (χ3n) is 4.55. The van der Waals surface area contributed by atoms with Crippen LogP contribution >= 0.6 is 0 Å². The number of carbonyl (C=O) groups excluding carboxylic acids is 3. The molecule has 4 amide bonds. The van der Waals surface area contributed by atoms with Gasteiger partial charge < -0.3 is 9.64 Å². The fourth-order valence-corrected chi connectivity index (χ4v) is 2.66. The Hall–Kier alpha value is -3.42. The van der Waals surface area contributed by atoms with Crippen molar-refractivity contribution in [1.82, 2.24) is 10.6 Å². The number of carbonyl (C=O) groups is 3. The minimum Gasteiger partial charge on any atom is -0.489 e. The number of ether oxygens (including phenoxy) is 1. The first kappa shape index (κ1) is 18.4. The number of imide groups is 2. The van der Waals surface area contributed by atoms with Crippen LogP contribution in [0.1, 0.15) is 12.5 Å². The van der Waals surface area contributed by atoms with Gasteiger partial charge in [0, 0.05) is 12.7 Å².